The van der Waals surface area contributed by atoms with E-state index in [4.69, 9.17) is 10.00 Å². The summed E-state index contributed by atoms with van der Waals surface area (Å²) in [6.07, 6.45) is 3.19. The van der Waals surface area contributed by atoms with Gasteiger partial charge in [-0.1, -0.05) is 12.8 Å². The summed E-state index contributed by atoms with van der Waals surface area (Å²) in [5, 5.41) is 20.7. The number of aliphatic carboxylic acids is 1. The van der Waals surface area contributed by atoms with Crippen LogP contribution in [0.1, 0.15) is 32.1 Å². The number of hydrogen-bond donors (Lipinski definition) is 2. The van der Waals surface area contributed by atoms with E-state index in [0.29, 0.717) is 32.5 Å². The predicted molar refractivity (Wildman–Crippen MR) is 75.6 cm³/mol. The van der Waals surface area contributed by atoms with Crippen molar-refractivity contribution in [3.63, 3.8) is 0 Å². The Bertz CT molecular complexity index is 400. The first-order valence-electron chi connectivity index (χ1n) is 7.18. The van der Waals surface area contributed by atoms with Gasteiger partial charge in [0.15, 0.2) is 0 Å². The number of hydrogen-bond acceptors (Lipinski definition) is 4. The van der Waals surface area contributed by atoms with Gasteiger partial charge in [0, 0.05) is 26.7 Å². The van der Waals surface area contributed by atoms with E-state index in [9.17, 15) is 14.7 Å². The average Bonchev–Trinajstić information content (AvgIpc) is 2.95. The largest absolute Gasteiger partial charge is 0.481 e. The zero-order valence-corrected chi connectivity index (χ0v) is 12.4. The first kappa shape index (κ1) is 17.2. The molecule has 0 spiro atoms. The monoisotopic (exact) mass is 297 g/mol. The van der Waals surface area contributed by atoms with E-state index in [0.717, 1.165) is 12.8 Å². The maximum absolute atomic E-state index is 12.1. The van der Waals surface area contributed by atoms with Crippen LogP contribution in [0.2, 0.25) is 0 Å². The van der Waals surface area contributed by atoms with Gasteiger partial charge in [0.25, 0.3) is 0 Å². The second kappa shape index (κ2) is 8.47. The number of carboxylic acids is 1. The molecule has 0 saturated heterocycles. The number of methoxy groups -OCH3 is 1. The molecule has 0 radical (unpaired) electrons. The summed E-state index contributed by atoms with van der Waals surface area (Å²) in [5.41, 5.74) is -0.836. The quantitative estimate of drug-likeness (QED) is 0.701. The molecule has 0 aromatic heterocycles. The lowest BCUT2D eigenvalue weighted by Crippen LogP contribution is -2.47. The molecule has 0 heterocycles. The molecule has 0 aromatic carbocycles. The topological polar surface area (TPSA) is 103 Å². The maximum atomic E-state index is 12.1. The third-order valence-electron chi connectivity index (χ3n) is 3.94. The molecule has 118 valence electrons. The fourth-order valence-electron chi connectivity index (χ4n) is 2.58. The molecule has 7 nitrogen and oxygen atoms in total. The van der Waals surface area contributed by atoms with Crippen LogP contribution < -0.4 is 5.32 Å². The van der Waals surface area contributed by atoms with E-state index in [1.54, 1.807) is 7.11 Å². The van der Waals surface area contributed by atoms with Gasteiger partial charge in [-0.15, -0.1) is 0 Å². The number of nitrogens with zero attached hydrogens (tertiary/aromatic N) is 2. The number of rotatable bonds is 8. The highest BCUT2D eigenvalue weighted by molar-refractivity contribution is 5.78. The molecule has 1 rings (SSSR count). The highest BCUT2D eigenvalue weighted by atomic mass is 16.5. The smallest absolute Gasteiger partial charge is 0.317 e. The van der Waals surface area contributed by atoms with E-state index in [-0.39, 0.29) is 19.0 Å². The van der Waals surface area contributed by atoms with Crippen LogP contribution in [0.25, 0.3) is 0 Å². The van der Waals surface area contributed by atoms with Crippen LogP contribution in [0, 0.1) is 16.7 Å². The summed E-state index contributed by atoms with van der Waals surface area (Å²) < 4.78 is 4.94. The van der Waals surface area contributed by atoms with Gasteiger partial charge < -0.3 is 20.1 Å². The molecular formula is C14H23N3O4. The molecule has 2 N–H and O–H groups in total. The van der Waals surface area contributed by atoms with Crippen molar-refractivity contribution in [2.24, 2.45) is 5.41 Å². The lowest BCUT2D eigenvalue weighted by molar-refractivity contribution is -0.148. The number of nitriles is 1. The van der Waals surface area contributed by atoms with Gasteiger partial charge in [-0.2, -0.15) is 5.26 Å². The Morgan fingerprint density at radius 3 is 2.57 bits per heavy atom. The minimum atomic E-state index is -0.847. The average molecular weight is 297 g/mol. The molecule has 2 amide bonds. The SMILES string of the molecule is COCCN(CCC#N)C(=O)NCC1(C(=O)O)CCCC1. The number of ether oxygens (including phenoxy) is 1. The maximum Gasteiger partial charge on any atom is 0.317 e. The van der Waals surface area contributed by atoms with Gasteiger partial charge in [0.2, 0.25) is 0 Å². The Balaban J connectivity index is 2.55. The van der Waals surface area contributed by atoms with Crippen LogP contribution in [0.3, 0.4) is 0 Å². The van der Waals surface area contributed by atoms with Crippen molar-refractivity contribution in [3.05, 3.63) is 0 Å². The zero-order valence-electron chi connectivity index (χ0n) is 12.4. The standard InChI is InChI=1S/C14H23N3O4/c1-21-10-9-17(8-4-7-15)13(20)16-11-14(12(18)19)5-2-3-6-14/h2-6,8-11H2,1H3,(H,16,20)(H,18,19). The van der Waals surface area contributed by atoms with E-state index in [1.165, 1.54) is 4.90 Å². The number of carbonyl (C=O) groups is 2. The van der Waals surface area contributed by atoms with Gasteiger partial charge >= 0.3 is 12.0 Å². The fourth-order valence-corrected chi connectivity index (χ4v) is 2.58. The van der Waals surface area contributed by atoms with Crippen LogP contribution in [0.4, 0.5) is 4.79 Å². The Kier molecular flexibility index (Phi) is 6.96. The molecule has 21 heavy (non-hydrogen) atoms. The molecule has 0 aromatic rings. The number of carbonyl (C=O) groups excluding carboxylic acids is 1. The second-order valence-electron chi connectivity index (χ2n) is 5.34. The van der Waals surface area contributed by atoms with Gasteiger partial charge in [-0.05, 0) is 12.8 Å². The summed E-state index contributed by atoms with van der Waals surface area (Å²) in [5.74, 6) is -0.847. The van der Waals surface area contributed by atoms with Gasteiger partial charge in [0.1, 0.15) is 0 Å². The van der Waals surface area contributed by atoms with Crippen LogP contribution in [0.15, 0.2) is 0 Å². The van der Waals surface area contributed by atoms with Crippen LogP contribution in [0.5, 0.6) is 0 Å². The van der Waals surface area contributed by atoms with Crippen LogP contribution in [-0.2, 0) is 9.53 Å². The Morgan fingerprint density at radius 1 is 1.38 bits per heavy atom. The third kappa shape index (κ3) is 4.90. The van der Waals surface area contributed by atoms with Crippen molar-refractivity contribution < 1.29 is 19.4 Å². The van der Waals surface area contributed by atoms with Crippen LogP contribution >= 0.6 is 0 Å². The highest BCUT2D eigenvalue weighted by Gasteiger charge is 2.41. The van der Waals surface area contributed by atoms with Crippen molar-refractivity contribution in [1.82, 2.24) is 10.2 Å². The normalized spacial score (nSPS) is 16.2. The number of amides is 2. The molecular weight excluding hydrogens is 274 g/mol. The number of carboxylic acid groups (broad SMARTS) is 1. The Morgan fingerprint density at radius 2 is 2.05 bits per heavy atom. The lowest BCUT2D eigenvalue weighted by Gasteiger charge is -2.27. The summed E-state index contributed by atoms with van der Waals surface area (Å²) >= 11 is 0. The molecule has 1 aliphatic carbocycles. The Labute approximate surface area is 124 Å². The molecule has 1 aliphatic rings. The fraction of sp³-hybridized carbons (Fsp3) is 0.786. The Hall–Kier alpha value is -1.81. The third-order valence-corrected chi connectivity index (χ3v) is 3.94. The summed E-state index contributed by atoms with van der Waals surface area (Å²) in [6, 6.07) is 1.66. The first-order chi connectivity index (χ1) is 10.1. The molecule has 1 saturated carbocycles. The molecule has 0 atom stereocenters. The van der Waals surface area contributed by atoms with Crippen molar-refractivity contribution in [2.45, 2.75) is 32.1 Å². The number of nitrogens with one attached hydrogen (secondary N) is 1. The number of urea groups is 1. The molecule has 0 aliphatic heterocycles. The minimum Gasteiger partial charge on any atom is -0.481 e. The minimum absolute atomic E-state index is 0.136. The molecule has 1 fully saturated rings. The van der Waals surface area contributed by atoms with E-state index < -0.39 is 11.4 Å². The summed E-state index contributed by atoms with van der Waals surface area (Å²) in [7, 11) is 1.54. The van der Waals surface area contributed by atoms with Crippen molar-refractivity contribution in [1.29, 1.82) is 5.26 Å². The summed E-state index contributed by atoms with van der Waals surface area (Å²) in [4.78, 5) is 25.0. The predicted octanol–water partition coefficient (Wildman–Crippen LogP) is 1.20. The lowest BCUT2D eigenvalue weighted by atomic mass is 9.86. The van der Waals surface area contributed by atoms with Crippen molar-refractivity contribution >= 4 is 12.0 Å². The van der Waals surface area contributed by atoms with E-state index >= 15 is 0 Å². The van der Waals surface area contributed by atoms with Gasteiger partial charge in [0.05, 0.1) is 24.5 Å². The van der Waals surface area contributed by atoms with Crippen LogP contribution in [-0.4, -0.2) is 55.4 Å². The van der Waals surface area contributed by atoms with Crippen molar-refractivity contribution in [2.75, 3.05) is 33.4 Å². The summed E-state index contributed by atoms with van der Waals surface area (Å²) in [6.45, 7) is 1.20. The molecule has 7 heteroatoms. The van der Waals surface area contributed by atoms with E-state index in [2.05, 4.69) is 5.32 Å². The first-order valence-corrected chi connectivity index (χ1v) is 7.18. The van der Waals surface area contributed by atoms with E-state index in [1.807, 2.05) is 6.07 Å². The van der Waals surface area contributed by atoms with Gasteiger partial charge in [-0.25, -0.2) is 4.79 Å². The zero-order chi connectivity index (χ0) is 15.7. The molecule has 0 unspecified atom stereocenters. The van der Waals surface area contributed by atoms with Crippen molar-refractivity contribution in [3.8, 4) is 6.07 Å². The van der Waals surface area contributed by atoms with Gasteiger partial charge in [-0.3, -0.25) is 4.79 Å². The molecule has 0 bridgehead atoms. The highest BCUT2D eigenvalue weighted by Crippen LogP contribution is 2.37. The second-order valence-corrected chi connectivity index (χ2v) is 5.34.